The molecular weight excluding hydrogens is 466 g/mol. The SMILES string of the molecule is COc1ccc(CN(CCCOCc2ccccc2)c2nc3c(n2C)-c2sccc2CCC=C3)cc1. The van der Waals surface area contributed by atoms with Crippen LogP contribution in [0.5, 0.6) is 5.75 Å². The van der Waals surface area contributed by atoms with Crippen molar-refractivity contribution in [3.05, 3.63) is 94.5 Å². The summed E-state index contributed by atoms with van der Waals surface area (Å²) in [6.07, 6.45) is 7.48. The molecule has 186 valence electrons. The Kier molecular flexibility index (Phi) is 7.84. The lowest BCUT2D eigenvalue weighted by Gasteiger charge is -2.24. The first-order valence-electron chi connectivity index (χ1n) is 12.5. The van der Waals surface area contributed by atoms with Gasteiger partial charge in [-0.3, -0.25) is 0 Å². The number of imidazole rings is 1. The summed E-state index contributed by atoms with van der Waals surface area (Å²) in [5.41, 5.74) is 6.11. The van der Waals surface area contributed by atoms with Crippen LogP contribution in [-0.2, 0) is 31.4 Å². The number of ether oxygens (including phenoxy) is 2. The summed E-state index contributed by atoms with van der Waals surface area (Å²) in [6.45, 7) is 2.97. The van der Waals surface area contributed by atoms with Gasteiger partial charge in [-0.25, -0.2) is 4.98 Å². The highest BCUT2D eigenvalue weighted by molar-refractivity contribution is 7.13. The first-order valence-corrected chi connectivity index (χ1v) is 13.4. The molecule has 0 fully saturated rings. The third kappa shape index (κ3) is 5.55. The van der Waals surface area contributed by atoms with Crippen LogP contribution in [0.1, 0.15) is 35.2 Å². The molecule has 1 aliphatic rings. The zero-order valence-electron chi connectivity index (χ0n) is 21.0. The maximum Gasteiger partial charge on any atom is 0.206 e. The molecule has 0 amide bonds. The number of aryl methyl sites for hydroxylation is 1. The van der Waals surface area contributed by atoms with Crippen LogP contribution in [-0.4, -0.2) is 29.8 Å². The van der Waals surface area contributed by atoms with Crippen LogP contribution < -0.4 is 9.64 Å². The lowest BCUT2D eigenvalue weighted by Crippen LogP contribution is -2.27. The molecule has 36 heavy (non-hydrogen) atoms. The number of rotatable bonds is 10. The Morgan fingerprint density at radius 2 is 1.86 bits per heavy atom. The van der Waals surface area contributed by atoms with Gasteiger partial charge in [0.15, 0.2) is 0 Å². The molecule has 0 atom stereocenters. The van der Waals surface area contributed by atoms with Gasteiger partial charge in [-0.15, -0.1) is 11.3 Å². The Morgan fingerprint density at radius 1 is 1.03 bits per heavy atom. The quantitative estimate of drug-likeness (QED) is 0.227. The minimum absolute atomic E-state index is 0.641. The number of methoxy groups -OCH3 is 1. The third-order valence-corrected chi connectivity index (χ3v) is 7.52. The van der Waals surface area contributed by atoms with E-state index >= 15 is 0 Å². The van der Waals surface area contributed by atoms with Gasteiger partial charge in [-0.05, 0) is 65.6 Å². The molecule has 4 aromatic rings. The van der Waals surface area contributed by atoms with Crippen molar-refractivity contribution in [2.24, 2.45) is 7.05 Å². The van der Waals surface area contributed by atoms with Gasteiger partial charge in [0.25, 0.3) is 0 Å². The van der Waals surface area contributed by atoms with E-state index in [0.29, 0.717) is 13.2 Å². The molecule has 0 aliphatic heterocycles. The zero-order valence-corrected chi connectivity index (χ0v) is 21.8. The number of hydrogen-bond acceptors (Lipinski definition) is 5. The number of hydrogen-bond donors (Lipinski definition) is 0. The summed E-state index contributed by atoms with van der Waals surface area (Å²) >= 11 is 1.81. The van der Waals surface area contributed by atoms with Crippen LogP contribution in [0.4, 0.5) is 5.95 Å². The molecule has 0 radical (unpaired) electrons. The Balaban J connectivity index is 1.37. The van der Waals surface area contributed by atoms with Crippen LogP contribution in [0, 0.1) is 0 Å². The molecule has 0 saturated carbocycles. The summed E-state index contributed by atoms with van der Waals surface area (Å²) in [7, 11) is 3.85. The second-order valence-corrected chi connectivity index (χ2v) is 10.00. The monoisotopic (exact) mass is 499 g/mol. The topological polar surface area (TPSA) is 39.5 Å². The lowest BCUT2D eigenvalue weighted by atomic mass is 10.1. The van der Waals surface area contributed by atoms with Crippen molar-refractivity contribution in [3.63, 3.8) is 0 Å². The zero-order chi connectivity index (χ0) is 24.7. The Labute approximate surface area is 217 Å². The maximum atomic E-state index is 5.99. The van der Waals surface area contributed by atoms with Gasteiger partial charge in [0.2, 0.25) is 5.95 Å². The molecule has 5 nitrogen and oxygen atoms in total. The Hall–Kier alpha value is -3.35. The smallest absolute Gasteiger partial charge is 0.206 e. The second-order valence-electron chi connectivity index (χ2n) is 9.08. The van der Waals surface area contributed by atoms with Crippen LogP contribution in [0.15, 0.2) is 72.1 Å². The molecule has 5 rings (SSSR count). The third-order valence-electron chi connectivity index (χ3n) is 6.56. The van der Waals surface area contributed by atoms with Crippen LogP contribution in [0.3, 0.4) is 0 Å². The average molecular weight is 500 g/mol. The van der Waals surface area contributed by atoms with E-state index in [2.05, 4.69) is 76.5 Å². The largest absolute Gasteiger partial charge is 0.497 e. The fourth-order valence-corrected chi connectivity index (χ4v) is 5.72. The van der Waals surface area contributed by atoms with E-state index in [1.165, 1.54) is 27.3 Å². The average Bonchev–Trinajstić information content (AvgIpc) is 3.48. The number of nitrogens with zero attached hydrogens (tertiary/aromatic N) is 3. The van der Waals surface area contributed by atoms with Crippen LogP contribution in [0.25, 0.3) is 16.6 Å². The van der Waals surface area contributed by atoms with Crippen molar-refractivity contribution in [1.29, 1.82) is 0 Å². The minimum atomic E-state index is 0.641. The van der Waals surface area contributed by atoms with Gasteiger partial charge in [-0.1, -0.05) is 48.5 Å². The first-order chi connectivity index (χ1) is 17.7. The van der Waals surface area contributed by atoms with E-state index in [0.717, 1.165) is 49.7 Å². The summed E-state index contributed by atoms with van der Waals surface area (Å²) in [4.78, 5) is 8.86. The van der Waals surface area contributed by atoms with Gasteiger partial charge >= 0.3 is 0 Å². The van der Waals surface area contributed by atoms with Gasteiger partial charge in [-0.2, -0.15) is 0 Å². The van der Waals surface area contributed by atoms with Crippen molar-refractivity contribution < 1.29 is 9.47 Å². The maximum absolute atomic E-state index is 5.99. The second kappa shape index (κ2) is 11.6. The fourth-order valence-electron chi connectivity index (χ4n) is 4.67. The fraction of sp³-hybridized carbons (Fsp3) is 0.300. The standard InChI is InChI=1S/C30H33N3O2S/c1-32-28-27(12-7-6-11-25-17-20-36-29(25)28)31-30(32)33(21-23-13-15-26(34-2)16-14-23)18-8-19-35-22-24-9-4-3-5-10-24/h3-5,7,9-10,12-17,20H,6,8,11,18-19,21-22H2,1-2H3. The first kappa shape index (κ1) is 24.3. The molecule has 0 spiro atoms. The molecule has 2 heterocycles. The molecule has 0 saturated heterocycles. The number of benzene rings is 2. The molecule has 2 aromatic heterocycles. The van der Waals surface area contributed by atoms with E-state index in [4.69, 9.17) is 14.5 Å². The molecule has 0 bridgehead atoms. The van der Waals surface area contributed by atoms with Crippen LogP contribution in [0.2, 0.25) is 0 Å². The van der Waals surface area contributed by atoms with Crippen molar-refractivity contribution in [1.82, 2.24) is 9.55 Å². The number of anilines is 1. The number of allylic oxidation sites excluding steroid dienone is 1. The highest BCUT2D eigenvalue weighted by Gasteiger charge is 2.23. The Morgan fingerprint density at radius 3 is 2.67 bits per heavy atom. The predicted octanol–water partition coefficient (Wildman–Crippen LogP) is 6.73. The number of thiophene rings is 1. The van der Waals surface area contributed by atoms with E-state index in [-0.39, 0.29) is 0 Å². The highest BCUT2D eigenvalue weighted by Crippen LogP contribution is 2.37. The number of aromatic nitrogens is 2. The molecule has 6 heteroatoms. The van der Waals surface area contributed by atoms with Crippen molar-refractivity contribution in [2.75, 3.05) is 25.2 Å². The highest BCUT2D eigenvalue weighted by atomic mass is 32.1. The summed E-state index contributed by atoms with van der Waals surface area (Å²) in [5, 5.41) is 2.20. The number of fused-ring (bicyclic) bond motifs is 3. The van der Waals surface area contributed by atoms with E-state index in [1.54, 1.807) is 7.11 Å². The molecule has 1 aliphatic carbocycles. The molecule has 2 aromatic carbocycles. The normalized spacial score (nSPS) is 12.5. The van der Waals surface area contributed by atoms with Crippen molar-refractivity contribution in [3.8, 4) is 16.3 Å². The van der Waals surface area contributed by atoms with Gasteiger partial charge < -0.3 is 18.9 Å². The lowest BCUT2D eigenvalue weighted by molar-refractivity contribution is 0.119. The van der Waals surface area contributed by atoms with E-state index < -0.39 is 0 Å². The molecular formula is C30H33N3O2S. The van der Waals surface area contributed by atoms with Gasteiger partial charge in [0.05, 0.1) is 30.0 Å². The summed E-state index contributed by atoms with van der Waals surface area (Å²) in [5.74, 6) is 1.86. The van der Waals surface area contributed by atoms with E-state index in [1.807, 2.05) is 29.5 Å². The van der Waals surface area contributed by atoms with E-state index in [9.17, 15) is 0 Å². The summed E-state index contributed by atoms with van der Waals surface area (Å²) in [6, 6.07) is 20.9. The Bertz CT molecular complexity index is 1290. The van der Waals surface area contributed by atoms with Gasteiger partial charge in [0, 0.05) is 26.7 Å². The molecule has 0 unspecified atom stereocenters. The van der Waals surface area contributed by atoms with Crippen molar-refractivity contribution in [2.45, 2.75) is 32.4 Å². The van der Waals surface area contributed by atoms with Crippen LogP contribution >= 0.6 is 11.3 Å². The van der Waals surface area contributed by atoms with Gasteiger partial charge in [0.1, 0.15) is 5.75 Å². The minimum Gasteiger partial charge on any atom is -0.497 e. The van der Waals surface area contributed by atoms with Crippen molar-refractivity contribution >= 4 is 23.4 Å². The molecule has 0 N–H and O–H groups in total. The predicted molar refractivity (Wildman–Crippen MR) is 149 cm³/mol. The summed E-state index contributed by atoms with van der Waals surface area (Å²) < 4.78 is 13.6.